The molecule has 2 aliphatic heterocycles. The minimum Gasteiger partial charge on any atom is -0.347 e. The lowest BCUT2D eigenvalue weighted by Crippen LogP contribution is -2.60. The molecule has 46 heavy (non-hydrogen) atoms. The van der Waals surface area contributed by atoms with Gasteiger partial charge in [-0.3, -0.25) is 24.2 Å². The number of carbonyl (C=O) groups is 5. The maximum absolute atomic E-state index is 14.3. The molecule has 0 bridgehead atoms. The summed E-state index contributed by atoms with van der Waals surface area (Å²) in [7, 11) is 0. The zero-order valence-corrected chi connectivity index (χ0v) is 27.4. The quantitative estimate of drug-likeness (QED) is 0.253. The number of urea groups is 1. The van der Waals surface area contributed by atoms with E-state index in [9.17, 15) is 32.8 Å². The molecular formula is C32H43ClF2N6O5. The number of hydrogen-bond acceptors (Lipinski definition) is 6. The van der Waals surface area contributed by atoms with E-state index in [1.807, 2.05) is 19.1 Å². The highest BCUT2D eigenvalue weighted by molar-refractivity contribution is 6.38. The number of carbonyl (C=O) groups excluding carboxylic acids is 5. The number of Topliss-reactive ketones (excluding diaryl/α,β-unsaturated/α-hetero) is 1. The van der Waals surface area contributed by atoms with Gasteiger partial charge in [0.05, 0.1) is 12.6 Å². The maximum Gasteiger partial charge on any atom is 0.315 e. The minimum atomic E-state index is -2.78. The molecular weight excluding hydrogens is 622 g/mol. The first-order valence-electron chi connectivity index (χ1n) is 15.7. The summed E-state index contributed by atoms with van der Waals surface area (Å²) < 4.78 is 25.5. The molecule has 4 N–H and O–H groups in total. The van der Waals surface area contributed by atoms with Gasteiger partial charge in [-0.1, -0.05) is 57.8 Å². The van der Waals surface area contributed by atoms with Crippen molar-refractivity contribution in [3.8, 4) is 0 Å². The largest absolute Gasteiger partial charge is 0.347 e. The molecule has 1 saturated heterocycles. The summed E-state index contributed by atoms with van der Waals surface area (Å²) in [4.78, 5) is 72.6. The molecule has 14 heteroatoms. The molecule has 11 nitrogen and oxygen atoms in total. The normalized spacial score (nSPS) is 22.3. The third-order valence-electron chi connectivity index (χ3n) is 8.55. The van der Waals surface area contributed by atoms with E-state index in [2.05, 4.69) is 21.3 Å². The van der Waals surface area contributed by atoms with Crippen LogP contribution in [0.25, 0.3) is 0 Å². The van der Waals surface area contributed by atoms with Crippen molar-refractivity contribution >= 4 is 46.8 Å². The van der Waals surface area contributed by atoms with Crippen LogP contribution in [0.1, 0.15) is 71.8 Å². The number of hydrogen-bond donors (Lipinski definition) is 4. The van der Waals surface area contributed by atoms with Crippen molar-refractivity contribution in [2.75, 3.05) is 19.6 Å². The highest BCUT2D eigenvalue weighted by Gasteiger charge is 2.53. The number of rotatable bonds is 12. The Morgan fingerprint density at radius 1 is 1.13 bits per heavy atom. The van der Waals surface area contributed by atoms with E-state index >= 15 is 0 Å². The Hall–Kier alpha value is -3.61. The van der Waals surface area contributed by atoms with Crippen LogP contribution in [0.4, 0.5) is 13.6 Å². The van der Waals surface area contributed by atoms with E-state index in [1.165, 1.54) is 4.90 Å². The van der Waals surface area contributed by atoms with E-state index < -0.39 is 71.5 Å². The fraction of sp³-hybridized carbons (Fsp3) is 0.625. The predicted octanol–water partition coefficient (Wildman–Crippen LogP) is 3.23. The first-order valence-corrected chi connectivity index (χ1v) is 16.1. The zero-order valence-electron chi connectivity index (χ0n) is 26.6. The molecule has 1 aromatic rings. The van der Waals surface area contributed by atoms with E-state index in [0.29, 0.717) is 24.4 Å². The second-order valence-electron chi connectivity index (χ2n) is 13.6. The Labute approximate surface area is 272 Å². The van der Waals surface area contributed by atoms with Crippen molar-refractivity contribution in [1.29, 1.82) is 0 Å². The van der Waals surface area contributed by atoms with Crippen molar-refractivity contribution in [2.24, 2.45) is 15.8 Å². The number of nitrogens with zero attached hydrogens (tertiary/aromatic N) is 2. The van der Waals surface area contributed by atoms with Gasteiger partial charge in [-0.05, 0) is 55.2 Å². The van der Waals surface area contributed by atoms with Crippen LogP contribution in [0.3, 0.4) is 0 Å². The van der Waals surface area contributed by atoms with E-state index in [1.54, 1.807) is 32.9 Å². The Morgan fingerprint density at radius 3 is 2.46 bits per heavy atom. The summed E-state index contributed by atoms with van der Waals surface area (Å²) in [5, 5.41) is 10.6. The summed E-state index contributed by atoms with van der Waals surface area (Å²) in [6.07, 6.45) is 0.236. The molecule has 5 amide bonds. The molecule has 2 fully saturated rings. The van der Waals surface area contributed by atoms with Gasteiger partial charge in [0.25, 0.3) is 12.3 Å². The Morgan fingerprint density at radius 2 is 1.85 bits per heavy atom. The number of aliphatic imine (C=N–C) groups is 1. The van der Waals surface area contributed by atoms with Crippen LogP contribution in [0.5, 0.6) is 0 Å². The second-order valence-corrected chi connectivity index (χ2v) is 14.1. The van der Waals surface area contributed by atoms with Gasteiger partial charge < -0.3 is 26.2 Å². The predicted molar refractivity (Wildman–Crippen MR) is 169 cm³/mol. The van der Waals surface area contributed by atoms with Crippen LogP contribution in [0.15, 0.2) is 29.3 Å². The molecule has 0 unspecified atom stereocenters. The van der Waals surface area contributed by atoms with Gasteiger partial charge in [-0.2, -0.15) is 0 Å². The van der Waals surface area contributed by atoms with Gasteiger partial charge in [0.1, 0.15) is 12.1 Å². The molecule has 1 aliphatic carbocycles. The van der Waals surface area contributed by atoms with Gasteiger partial charge >= 0.3 is 6.03 Å². The summed E-state index contributed by atoms with van der Waals surface area (Å²) in [5.74, 6) is -2.66. The topological polar surface area (TPSA) is 149 Å². The van der Waals surface area contributed by atoms with E-state index in [-0.39, 0.29) is 25.4 Å². The molecule has 4 atom stereocenters. The fourth-order valence-electron chi connectivity index (χ4n) is 5.99. The van der Waals surface area contributed by atoms with Crippen molar-refractivity contribution in [3.05, 3.63) is 34.9 Å². The molecule has 1 aromatic carbocycles. The lowest BCUT2D eigenvalue weighted by Gasteiger charge is -2.36. The number of alkyl halides is 2. The number of benzene rings is 1. The van der Waals surface area contributed by atoms with Gasteiger partial charge in [0.15, 0.2) is 0 Å². The van der Waals surface area contributed by atoms with Crippen molar-refractivity contribution in [2.45, 2.75) is 96.8 Å². The first-order chi connectivity index (χ1) is 21.6. The molecule has 3 aliphatic rings. The first kappa shape index (κ1) is 35.2. The van der Waals surface area contributed by atoms with Crippen LogP contribution < -0.4 is 21.3 Å². The lowest BCUT2D eigenvalue weighted by atomic mass is 9.81. The summed E-state index contributed by atoms with van der Waals surface area (Å²) in [5.41, 5.74) is 0.123. The number of likely N-dealkylation sites (tertiary alicyclic amines) is 1. The highest BCUT2D eigenvalue weighted by atomic mass is 35.5. The van der Waals surface area contributed by atoms with E-state index in [0.717, 1.165) is 24.1 Å². The average molecular weight is 665 g/mol. The fourth-order valence-corrected chi connectivity index (χ4v) is 6.18. The number of amides is 5. The van der Waals surface area contributed by atoms with Gasteiger partial charge in [-0.15, -0.1) is 0 Å². The number of nitrogens with one attached hydrogen (secondary N) is 4. The third kappa shape index (κ3) is 8.80. The van der Waals surface area contributed by atoms with Gasteiger partial charge in [0.2, 0.25) is 17.6 Å². The number of ketones is 1. The summed E-state index contributed by atoms with van der Waals surface area (Å²) >= 11 is 6.22. The molecule has 1 spiro atoms. The molecule has 2 heterocycles. The smallest absolute Gasteiger partial charge is 0.315 e. The Balaban J connectivity index is 1.60. The summed E-state index contributed by atoms with van der Waals surface area (Å²) in [6.45, 7) is 6.54. The monoisotopic (exact) mass is 664 g/mol. The minimum absolute atomic E-state index is 0.0342. The van der Waals surface area contributed by atoms with Crippen LogP contribution in [0, 0.1) is 10.8 Å². The third-order valence-corrected chi connectivity index (χ3v) is 8.79. The molecule has 4 rings (SSSR count). The van der Waals surface area contributed by atoms with Gasteiger partial charge in [-0.25, -0.2) is 13.6 Å². The standard InChI is InChI=1S/C32H43ClF2N6O5/c1-5-7-21(25(42)28(44)38-20-10-11-20)39-27(43)23-14-32(13-22(37-16-32)18-8-6-9-19(33)12-18)17-41(23)29(45)26(31(2,3)4)40-30(46)36-15-24(34)35/h6,8-9,12,20-21,23-24,26H,5,7,10-11,13-17H2,1-4H3,(H,38,44)(H,39,43)(H2,36,40,46)/t21-,23-,26+,32-/m0/s1. The molecule has 252 valence electrons. The summed E-state index contributed by atoms with van der Waals surface area (Å²) in [6, 6.07) is 2.97. The molecule has 0 aromatic heterocycles. The lowest BCUT2D eigenvalue weighted by molar-refractivity contribution is -0.144. The Kier molecular flexibility index (Phi) is 11.1. The van der Waals surface area contributed by atoms with Crippen LogP contribution in [0.2, 0.25) is 5.02 Å². The zero-order chi connectivity index (χ0) is 33.8. The average Bonchev–Trinajstić information content (AvgIpc) is 3.58. The van der Waals surface area contributed by atoms with Crippen LogP contribution in [-0.4, -0.2) is 90.4 Å². The maximum atomic E-state index is 14.3. The van der Waals surface area contributed by atoms with Gasteiger partial charge in [0, 0.05) is 35.3 Å². The molecule has 1 saturated carbocycles. The van der Waals surface area contributed by atoms with Crippen molar-refractivity contribution < 1.29 is 32.8 Å². The highest BCUT2D eigenvalue weighted by Crippen LogP contribution is 2.44. The van der Waals surface area contributed by atoms with Crippen molar-refractivity contribution in [1.82, 2.24) is 26.2 Å². The van der Waals surface area contributed by atoms with Crippen molar-refractivity contribution in [3.63, 3.8) is 0 Å². The molecule has 0 radical (unpaired) electrons. The van der Waals surface area contributed by atoms with Crippen LogP contribution in [-0.2, 0) is 19.2 Å². The number of halogens is 3. The second kappa shape index (κ2) is 14.4. The van der Waals surface area contributed by atoms with E-state index in [4.69, 9.17) is 16.6 Å². The van der Waals surface area contributed by atoms with Crippen LogP contribution >= 0.6 is 11.6 Å². The Bertz CT molecular complexity index is 1380. The SMILES string of the molecule is CCC[C@H](NC(=O)[C@@H]1C[C@@]2(CN=C(c3cccc(Cl)c3)C2)CN1C(=O)[C@@H](NC(=O)NCC(F)F)C(C)(C)C)C(=O)C(=O)NC1CC1.